The predicted octanol–water partition coefficient (Wildman–Crippen LogP) is -1.04. The van der Waals surface area contributed by atoms with E-state index >= 15 is 0 Å². The summed E-state index contributed by atoms with van der Waals surface area (Å²) in [4.78, 5) is 10.8. The molecule has 0 radical (unpaired) electrons. The van der Waals surface area contributed by atoms with Crippen LogP contribution in [-0.4, -0.2) is 23.7 Å². The fraction of sp³-hybridized carbons (Fsp3) is 0.571. The van der Waals surface area contributed by atoms with Gasteiger partial charge in [0.25, 0.3) is 0 Å². The molecule has 0 aromatic rings. The minimum absolute atomic E-state index is 0.125. The molecule has 0 bridgehead atoms. The van der Waals surface area contributed by atoms with Crippen molar-refractivity contribution in [1.29, 1.82) is 0 Å². The van der Waals surface area contributed by atoms with E-state index in [1.54, 1.807) is 13.0 Å². The second kappa shape index (κ2) is 3.02. The van der Waals surface area contributed by atoms with Gasteiger partial charge in [0.2, 0.25) is 5.91 Å². The number of carbonyl (C=O) groups is 1. The summed E-state index contributed by atoms with van der Waals surface area (Å²) in [6.07, 6.45) is 1.08. The van der Waals surface area contributed by atoms with Crippen LogP contribution in [0.15, 0.2) is 11.8 Å². The van der Waals surface area contributed by atoms with E-state index in [0.29, 0.717) is 6.54 Å². The van der Waals surface area contributed by atoms with Crippen molar-refractivity contribution in [2.45, 2.75) is 13.0 Å². The number of hydrogen-bond donors (Lipinski definition) is 3. The van der Waals surface area contributed by atoms with Crippen molar-refractivity contribution in [3.8, 4) is 0 Å². The number of nitrogens with one attached hydrogen (secondary N) is 1. The zero-order valence-corrected chi connectivity index (χ0v) is 6.37. The van der Waals surface area contributed by atoms with Gasteiger partial charge in [0.1, 0.15) is 5.92 Å². The lowest BCUT2D eigenvalue weighted by Crippen LogP contribution is -2.51. The monoisotopic (exact) mass is 156 g/mol. The van der Waals surface area contributed by atoms with Gasteiger partial charge in [-0.1, -0.05) is 6.08 Å². The number of carbonyl (C=O) groups excluding carboxylic acids is 1. The van der Waals surface area contributed by atoms with Crippen LogP contribution in [-0.2, 0) is 4.79 Å². The first-order valence-electron chi connectivity index (χ1n) is 3.56. The van der Waals surface area contributed by atoms with E-state index in [1.807, 2.05) is 0 Å². The first-order valence-corrected chi connectivity index (χ1v) is 3.56. The van der Waals surface area contributed by atoms with E-state index in [4.69, 9.17) is 10.8 Å². The fourth-order valence-corrected chi connectivity index (χ4v) is 1.15. The minimum Gasteiger partial charge on any atom is -0.392 e. The molecule has 1 aliphatic rings. The van der Waals surface area contributed by atoms with Gasteiger partial charge in [-0.25, -0.2) is 0 Å². The van der Waals surface area contributed by atoms with Crippen LogP contribution in [0.3, 0.4) is 0 Å². The number of β-lactam (4-membered cyclic amide) rings is 1. The Hall–Kier alpha value is -0.870. The molecule has 1 rings (SSSR count). The van der Waals surface area contributed by atoms with Gasteiger partial charge in [-0.3, -0.25) is 4.79 Å². The number of amides is 1. The Labute approximate surface area is 65.1 Å². The summed E-state index contributed by atoms with van der Waals surface area (Å²) < 4.78 is 0. The summed E-state index contributed by atoms with van der Waals surface area (Å²) in [5.41, 5.74) is 5.98. The fourth-order valence-electron chi connectivity index (χ4n) is 1.15. The summed E-state index contributed by atoms with van der Waals surface area (Å²) in [5.74, 6) is -0.502. The van der Waals surface area contributed by atoms with Gasteiger partial charge in [0.05, 0.1) is 6.10 Å². The van der Waals surface area contributed by atoms with Gasteiger partial charge in [0, 0.05) is 12.2 Å². The second-order valence-corrected chi connectivity index (χ2v) is 2.60. The van der Waals surface area contributed by atoms with E-state index in [2.05, 4.69) is 5.32 Å². The van der Waals surface area contributed by atoms with Crippen LogP contribution in [0.1, 0.15) is 6.92 Å². The van der Waals surface area contributed by atoms with Crippen LogP contribution >= 0.6 is 0 Å². The molecule has 4 nitrogen and oxygen atoms in total. The number of aliphatic hydroxyl groups excluding tert-OH is 1. The van der Waals surface area contributed by atoms with E-state index < -0.39 is 6.10 Å². The minimum atomic E-state index is -0.624. The summed E-state index contributed by atoms with van der Waals surface area (Å²) >= 11 is 0. The molecule has 0 saturated carbocycles. The van der Waals surface area contributed by atoms with E-state index in [-0.39, 0.29) is 11.8 Å². The highest BCUT2D eigenvalue weighted by Gasteiger charge is 2.36. The maximum Gasteiger partial charge on any atom is 0.235 e. The van der Waals surface area contributed by atoms with Crippen molar-refractivity contribution in [3.63, 3.8) is 0 Å². The summed E-state index contributed by atoms with van der Waals surface area (Å²) in [6, 6.07) is 0. The molecule has 1 amide bonds. The molecule has 0 aliphatic carbocycles. The van der Waals surface area contributed by atoms with Crippen molar-refractivity contribution in [1.82, 2.24) is 5.32 Å². The van der Waals surface area contributed by atoms with Crippen molar-refractivity contribution in [2.75, 3.05) is 6.54 Å². The van der Waals surface area contributed by atoms with Gasteiger partial charge < -0.3 is 16.2 Å². The molecule has 4 N–H and O–H groups in total. The molecule has 0 aromatic heterocycles. The first-order chi connectivity index (χ1) is 5.16. The number of rotatable bonds is 2. The van der Waals surface area contributed by atoms with Crippen LogP contribution in [0.5, 0.6) is 0 Å². The molecule has 0 aromatic carbocycles. The van der Waals surface area contributed by atoms with Crippen molar-refractivity contribution in [3.05, 3.63) is 11.8 Å². The number of nitrogens with two attached hydrogens (primary N) is 1. The molecule has 1 fully saturated rings. The van der Waals surface area contributed by atoms with E-state index in [1.165, 1.54) is 0 Å². The zero-order valence-electron chi connectivity index (χ0n) is 6.37. The van der Waals surface area contributed by atoms with Gasteiger partial charge in [-0.2, -0.15) is 0 Å². The third-order valence-corrected chi connectivity index (χ3v) is 1.71. The molecule has 11 heavy (non-hydrogen) atoms. The second-order valence-electron chi connectivity index (χ2n) is 2.60. The Morgan fingerprint density at radius 3 is 2.91 bits per heavy atom. The third-order valence-electron chi connectivity index (χ3n) is 1.71. The molecule has 1 heterocycles. The Kier molecular flexibility index (Phi) is 2.26. The van der Waals surface area contributed by atoms with Crippen LogP contribution in [0, 0.1) is 5.92 Å². The van der Waals surface area contributed by atoms with Gasteiger partial charge in [-0.15, -0.1) is 0 Å². The normalized spacial score (nSPS) is 29.5. The molecule has 2 unspecified atom stereocenters. The van der Waals surface area contributed by atoms with Crippen molar-refractivity contribution in [2.24, 2.45) is 11.7 Å². The average molecular weight is 156 g/mol. The SMILES string of the molecule is CC(O)C1C(=O)N/C1=C/CN. The van der Waals surface area contributed by atoms with Gasteiger partial charge in [-0.05, 0) is 6.92 Å². The van der Waals surface area contributed by atoms with Gasteiger partial charge in [0.15, 0.2) is 0 Å². The zero-order chi connectivity index (χ0) is 8.43. The highest BCUT2D eigenvalue weighted by Crippen LogP contribution is 2.21. The molecule has 1 saturated heterocycles. The van der Waals surface area contributed by atoms with Crippen LogP contribution < -0.4 is 11.1 Å². The lowest BCUT2D eigenvalue weighted by molar-refractivity contribution is -0.131. The summed E-state index contributed by atoms with van der Waals surface area (Å²) in [6.45, 7) is 1.98. The molecule has 4 heteroatoms. The Balaban J connectivity index is 2.62. The van der Waals surface area contributed by atoms with Gasteiger partial charge >= 0.3 is 0 Å². The first kappa shape index (κ1) is 8.23. The van der Waals surface area contributed by atoms with Crippen LogP contribution in [0.2, 0.25) is 0 Å². The lowest BCUT2D eigenvalue weighted by Gasteiger charge is -2.31. The highest BCUT2D eigenvalue weighted by atomic mass is 16.3. The quantitative estimate of drug-likeness (QED) is 0.447. The topological polar surface area (TPSA) is 75.3 Å². The molecule has 1 aliphatic heterocycles. The Bertz CT molecular complexity index is 199. The Morgan fingerprint density at radius 1 is 1.91 bits per heavy atom. The van der Waals surface area contributed by atoms with Crippen molar-refractivity contribution >= 4 is 5.91 Å². The summed E-state index contributed by atoms with van der Waals surface area (Å²) in [5, 5.41) is 11.7. The number of aliphatic hydroxyl groups is 1. The van der Waals surface area contributed by atoms with Crippen molar-refractivity contribution < 1.29 is 9.90 Å². The van der Waals surface area contributed by atoms with Crippen LogP contribution in [0.4, 0.5) is 0 Å². The molecule has 2 atom stereocenters. The average Bonchev–Trinajstić information content (AvgIpc) is 1.85. The predicted molar refractivity (Wildman–Crippen MR) is 40.5 cm³/mol. The molecule has 62 valence electrons. The molecule has 0 spiro atoms. The lowest BCUT2D eigenvalue weighted by atomic mass is 9.91. The largest absolute Gasteiger partial charge is 0.392 e. The number of hydrogen-bond acceptors (Lipinski definition) is 3. The smallest absolute Gasteiger partial charge is 0.235 e. The third kappa shape index (κ3) is 1.41. The van der Waals surface area contributed by atoms with E-state index in [9.17, 15) is 4.79 Å². The van der Waals surface area contributed by atoms with Crippen LogP contribution in [0.25, 0.3) is 0 Å². The Morgan fingerprint density at radius 2 is 2.55 bits per heavy atom. The van der Waals surface area contributed by atoms with E-state index in [0.717, 1.165) is 5.70 Å². The summed E-state index contributed by atoms with van der Waals surface area (Å²) in [7, 11) is 0. The molecular formula is C7H12N2O2. The standard InChI is InChI=1S/C7H12N2O2/c1-4(10)6-5(2-3-8)9-7(6)11/h2,4,6,10H,3,8H2,1H3,(H,9,11)/b5-2+. The highest BCUT2D eigenvalue weighted by molar-refractivity contribution is 5.91. The maximum atomic E-state index is 10.8. The maximum absolute atomic E-state index is 10.8. The molecular weight excluding hydrogens is 144 g/mol.